The highest BCUT2D eigenvalue weighted by Crippen LogP contribution is 2.16. The minimum absolute atomic E-state index is 0.0627. The molecule has 1 fully saturated rings. The van der Waals surface area contributed by atoms with Crippen molar-refractivity contribution in [3.63, 3.8) is 0 Å². The quantitative estimate of drug-likeness (QED) is 0.745. The Bertz CT molecular complexity index is 533. The first-order chi connectivity index (χ1) is 11.7. The van der Waals surface area contributed by atoms with E-state index in [4.69, 9.17) is 0 Å². The van der Waals surface area contributed by atoms with E-state index in [-0.39, 0.29) is 11.7 Å². The van der Waals surface area contributed by atoms with Crippen molar-refractivity contribution >= 4 is 11.7 Å². The molecule has 132 valence electrons. The van der Waals surface area contributed by atoms with Gasteiger partial charge in [0.15, 0.2) is 5.78 Å². The van der Waals surface area contributed by atoms with Crippen LogP contribution in [0, 0.1) is 0 Å². The van der Waals surface area contributed by atoms with E-state index in [1.807, 2.05) is 29.2 Å². The summed E-state index contributed by atoms with van der Waals surface area (Å²) in [6, 6.07) is 8.07. The normalized spacial score (nSPS) is 15.2. The number of hydrogen-bond donors (Lipinski definition) is 1. The third kappa shape index (κ3) is 5.17. The maximum absolute atomic E-state index is 12.6. The molecule has 24 heavy (non-hydrogen) atoms. The van der Waals surface area contributed by atoms with Gasteiger partial charge in [-0.15, -0.1) is 0 Å². The molecule has 0 saturated carbocycles. The SMILES string of the molecule is CCCN(C(=O)CCC(=O)c1ccc(CC)cc1)C1CCNCC1. The second kappa shape index (κ2) is 9.58. The average Bonchev–Trinajstić information content (AvgIpc) is 2.64. The second-order valence-electron chi connectivity index (χ2n) is 6.54. The molecule has 1 amide bonds. The molecular formula is C20H30N2O2. The number of rotatable bonds is 8. The third-order valence-electron chi connectivity index (χ3n) is 4.78. The zero-order valence-electron chi connectivity index (χ0n) is 15.0. The van der Waals surface area contributed by atoms with Gasteiger partial charge < -0.3 is 10.2 Å². The zero-order chi connectivity index (χ0) is 17.4. The van der Waals surface area contributed by atoms with Crippen molar-refractivity contribution in [3.8, 4) is 0 Å². The first-order valence-corrected chi connectivity index (χ1v) is 9.28. The van der Waals surface area contributed by atoms with E-state index in [0.29, 0.717) is 24.4 Å². The Morgan fingerprint density at radius 1 is 1.08 bits per heavy atom. The summed E-state index contributed by atoms with van der Waals surface area (Å²) in [6.07, 6.45) is 4.57. The lowest BCUT2D eigenvalue weighted by atomic mass is 10.0. The minimum atomic E-state index is 0.0627. The molecule has 1 saturated heterocycles. The van der Waals surface area contributed by atoms with Gasteiger partial charge in [0.1, 0.15) is 0 Å². The van der Waals surface area contributed by atoms with Crippen molar-refractivity contribution in [2.75, 3.05) is 19.6 Å². The molecule has 1 N–H and O–H groups in total. The highest BCUT2D eigenvalue weighted by atomic mass is 16.2. The van der Waals surface area contributed by atoms with Gasteiger partial charge in [-0.25, -0.2) is 0 Å². The van der Waals surface area contributed by atoms with Crippen LogP contribution in [-0.2, 0) is 11.2 Å². The van der Waals surface area contributed by atoms with Crippen molar-refractivity contribution in [2.45, 2.75) is 58.4 Å². The topological polar surface area (TPSA) is 49.4 Å². The van der Waals surface area contributed by atoms with E-state index in [9.17, 15) is 9.59 Å². The van der Waals surface area contributed by atoms with Crippen LogP contribution >= 0.6 is 0 Å². The molecule has 0 spiro atoms. The minimum Gasteiger partial charge on any atom is -0.340 e. The predicted octanol–water partition coefficient (Wildman–Crippen LogP) is 3.20. The highest BCUT2D eigenvalue weighted by molar-refractivity contribution is 5.98. The van der Waals surface area contributed by atoms with E-state index in [2.05, 4.69) is 19.2 Å². The summed E-state index contributed by atoms with van der Waals surface area (Å²) in [5.41, 5.74) is 1.94. The van der Waals surface area contributed by atoms with Gasteiger partial charge in [0.25, 0.3) is 0 Å². The molecule has 1 aromatic rings. The van der Waals surface area contributed by atoms with Crippen molar-refractivity contribution < 1.29 is 9.59 Å². The molecule has 4 nitrogen and oxygen atoms in total. The summed E-state index contributed by atoms with van der Waals surface area (Å²) in [7, 11) is 0. The number of nitrogens with one attached hydrogen (secondary N) is 1. The third-order valence-corrected chi connectivity index (χ3v) is 4.78. The van der Waals surface area contributed by atoms with Crippen molar-refractivity contribution in [3.05, 3.63) is 35.4 Å². The maximum Gasteiger partial charge on any atom is 0.223 e. The molecular weight excluding hydrogens is 300 g/mol. The molecule has 0 unspecified atom stereocenters. The number of aryl methyl sites for hydroxylation is 1. The number of ketones is 1. The summed E-state index contributed by atoms with van der Waals surface area (Å²) < 4.78 is 0. The van der Waals surface area contributed by atoms with E-state index >= 15 is 0 Å². The largest absolute Gasteiger partial charge is 0.340 e. The zero-order valence-corrected chi connectivity index (χ0v) is 15.0. The summed E-state index contributed by atoms with van der Waals surface area (Å²) in [6.45, 7) is 6.94. The van der Waals surface area contributed by atoms with Crippen LogP contribution < -0.4 is 5.32 Å². The second-order valence-corrected chi connectivity index (χ2v) is 6.54. The van der Waals surface area contributed by atoms with Gasteiger partial charge >= 0.3 is 0 Å². The Morgan fingerprint density at radius 2 is 1.75 bits per heavy atom. The molecule has 0 aromatic heterocycles. The highest BCUT2D eigenvalue weighted by Gasteiger charge is 2.24. The summed E-state index contributed by atoms with van der Waals surface area (Å²) in [4.78, 5) is 27.0. The van der Waals surface area contributed by atoms with Gasteiger partial charge in [0.05, 0.1) is 0 Å². The molecule has 1 aromatic carbocycles. The molecule has 0 aliphatic carbocycles. The standard InChI is InChI=1S/C20H30N2O2/c1-3-15-22(18-11-13-21-14-12-18)20(24)10-9-19(23)17-7-5-16(4-2)6-8-17/h5-8,18,21H,3-4,9-15H2,1-2H3. The molecule has 0 bridgehead atoms. The van der Waals surface area contributed by atoms with Gasteiger partial charge in [-0.1, -0.05) is 38.1 Å². The Hall–Kier alpha value is -1.68. The number of hydrogen-bond acceptors (Lipinski definition) is 3. The van der Waals surface area contributed by atoms with Crippen LogP contribution in [0.15, 0.2) is 24.3 Å². The fourth-order valence-corrected chi connectivity index (χ4v) is 3.30. The van der Waals surface area contributed by atoms with E-state index in [1.165, 1.54) is 5.56 Å². The smallest absolute Gasteiger partial charge is 0.223 e. The van der Waals surface area contributed by atoms with Gasteiger partial charge in [-0.05, 0) is 44.3 Å². The van der Waals surface area contributed by atoms with Crippen molar-refractivity contribution in [2.24, 2.45) is 0 Å². The van der Waals surface area contributed by atoms with Crippen LogP contribution in [0.1, 0.15) is 61.9 Å². The predicted molar refractivity (Wildman–Crippen MR) is 97.3 cm³/mol. The Balaban J connectivity index is 1.89. The molecule has 1 aliphatic heterocycles. The lowest BCUT2D eigenvalue weighted by molar-refractivity contribution is -0.134. The van der Waals surface area contributed by atoms with Crippen LogP contribution in [0.25, 0.3) is 0 Å². The van der Waals surface area contributed by atoms with Gasteiger partial charge in [-0.3, -0.25) is 9.59 Å². The van der Waals surface area contributed by atoms with Crippen LogP contribution in [0.2, 0.25) is 0 Å². The summed E-state index contributed by atoms with van der Waals surface area (Å²) >= 11 is 0. The number of amides is 1. The Morgan fingerprint density at radius 3 is 2.33 bits per heavy atom. The number of Topliss-reactive ketones (excluding diaryl/α,β-unsaturated/α-hetero) is 1. The molecule has 2 rings (SSSR count). The monoisotopic (exact) mass is 330 g/mol. The number of carbonyl (C=O) groups excluding carboxylic acids is 2. The lowest BCUT2D eigenvalue weighted by Crippen LogP contribution is -2.46. The fraction of sp³-hybridized carbons (Fsp3) is 0.600. The van der Waals surface area contributed by atoms with Crippen LogP contribution in [0.5, 0.6) is 0 Å². The fourth-order valence-electron chi connectivity index (χ4n) is 3.30. The number of carbonyl (C=O) groups is 2. The molecule has 1 aliphatic rings. The number of nitrogens with zero attached hydrogens (tertiary/aromatic N) is 1. The first-order valence-electron chi connectivity index (χ1n) is 9.28. The molecule has 0 radical (unpaired) electrons. The lowest BCUT2D eigenvalue weighted by Gasteiger charge is -2.34. The van der Waals surface area contributed by atoms with Gasteiger partial charge in [-0.2, -0.15) is 0 Å². The van der Waals surface area contributed by atoms with Gasteiger partial charge in [0, 0.05) is 31.0 Å². The summed E-state index contributed by atoms with van der Waals surface area (Å²) in [5, 5.41) is 3.34. The van der Waals surface area contributed by atoms with Crippen LogP contribution in [0.4, 0.5) is 0 Å². The maximum atomic E-state index is 12.6. The number of benzene rings is 1. The number of piperidine rings is 1. The summed E-state index contributed by atoms with van der Waals surface area (Å²) in [5.74, 6) is 0.190. The Kier molecular flexibility index (Phi) is 7.44. The Labute approximate surface area is 145 Å². The van der Waals surface area contributed by atoms with E-state index < -0.39 is 0 Å². The van der Waals surface area contributed by atoms with Gasteiger partial charge in [0.2, 0.25) is 5.91 Å². The van der Waals surface area contributed by atoms with E-state index in [1.54, 1.807) is 0 Å². The molecule has 0 atom stereocenters. The van der Waals surface area contributed by atoms with E-state index in [0.717, 1.165) is 45.3 Å². The van der Waals surface area contributed by atoms with Crippen LogP contribution in [-0.4, -0.2) is 42.3 Å². The first kappa shape index (κ1) is 18.7. The van der Waals surface area contributed by atoms with Crippen molar-refractivity contribution in [1.82, 2.24) is 10.2 Å². The molecule has 4 heteroatoms. The van der Waals surface area contributed by atoms with Crippen LogP contribution in [0.3, 0.4) is 0 Å². The van der Waals surface area contributed by atoms with Crippen molar-refractivity contribution in [1.29, 1.82) is 0 Å². The molecule has 1 heterocycles. The average molecular weight is 330 g/mol.